The number of halogens is 1. The predicted molar refractivity (Wildman–Crippen MR) is 82.7 cm³/mol. The van der Waals surface area contributed by atoms with Crippen LogP contribution in [0.25, 0.3) is 0 Å². The number of rotatable bonds is 6. The molecule has 0 aliphatic carbocycles. The molecule has 2 aromatic carbocycles. The average molecular weight is 317 g/mol. The van der Waals surface area contributed by atoms with E-state index in [9.17, 15) is 14.0 Å². The largest absolute Gasteiger partial charge is 0.481 e. The Bertz CT molecular complexity index is 702. The van der Waals surface area contributed by atoms with Gasteiger partial charge in [0.15, 0.2) is 18.2 Å². The molecule has 1 amide bonds. The Morgan fingerprint density at radius 2 is 1.78 bits per heavy atom. The molecular formula is C17H16FNO4. The summed E-state index contributed by atoms with van der Waals surface area (Å²) in [5.74, 6) is -1.39. The molecule has 5 nitrogen and oxygen atoms in total. The first-order valence-corrected chi connectivity index (χ1v) is 6.92. The lowest BCUT2D eigenvalue weighted by Crippen LogP contribution is -2.21. The summed E-state index contributed by atoms with van der Waals surface area (Å²) in [6.07, 6.45) is 0.0428. The zero-order valence-electron chi connectivity index (χ0n) is 12.5. The van der Waals surface area contributed by atoms with E-state index in [4.69, 9.17) is 4.74 Å². The molecule has 23 heavy (non-hydrogen) atoms. The van der Waals surface area contributed by atoms with Crippen molar-refractivity contribution in [1.29, 1.82) is 0 Å². The van der Waals surface area contributed by atoms with Crippen molar-refractivity contribution in [1.82, 2.24) is 0 Å². The lowest BCUT2D eigenvalue weighted by atomic mass is 10.1. The number of carbonyl (C=O) groups is 2. The highest BCUT2D eigenvalue weighted by Gasteiger charge is 2.11. The van der Waals surface area contributed by atoms with Crippen molar-refractivity contribution in [2.24, 2.45) is 0 Å². The Kier molecular flexibility index (Phi) is 5.68. The van der Waals surface area contributed by atoms with Gasteiger partial charge in [0, 0.05) is 5.69 Å². The summed E-state index contributed by atoms with van der Waals surface area (Å²) in [6.45, 7) is -0.340. The third-order valence-electron chi connectivity index (χ3n) is 3.05. The van der Waals surface area contributed by atoms with E-state index in [1.54, 1.807) is 30.3 Å². The number of anilines is 1. The Hall–Kier alpha value is -2.89. The van der Waals surface area contributed by atoms with Crippen LogP contribution in [-0.4, -0.2) is 25.6 Å². The maximum Gasteiger partial charge on any atom is 0.310 e. The van der Waals surface area contributed by atoms with Crippen LogP contribution in [0, 0.1) is 5.82 Å². The lowest BCUT2D eigenvalue weighted by molar-refractivity contribution is -0.139. The molecule has 0 unspecified atom stereocenters. The number of methoxy groups -OCH3 is 1. The molecular weight excluding hydrogens is 301 g/mol. The molecule has 0 bridgehead atoms. The highest BCUT2D eigenvalue weighted by molar-refractivity contribution is 5.93. The van der Waals surface area contributed by atoms with Crippen LogP contribution in [0.5, 0.6) is 5.75 Å². The van der Waals surface area contributed by atoms with Crippen molar-refractivity contribution in [3.05, 3.63) is 59.9 Å². The van der Waals surface area contributed by atoms with Crippen molar-refractivity contribution < 1.29 is 23.5 Å². The van der Waals surface area contributed by atoms with Crippen LogP contribution in [0.4, 0.5) is 10.1 Å². The molecule has 0 saturated heterocycles. The number of para-hydroxylation sites is 2. The first kappa shape index (κ1) is 16.5. The number of ether oxygens (including phenoxy) is 2. The maximum atomic E-state index is 13.4. The minimum atomic E-state index is -0.536. The third kappa shape index (κ3) is 4.81. The molecule has 0 fully saturated rings. The SMILES string of the molecule is COC(=O)Cc1ccccc1NC(=O)COc1ccccc1F. The van der Waals surface area contributed by atoms with Crippen molar-refractivity contribution in [2.45, 2.75) is 6.42 Å². The van der Waals surface area contributed by atoms with Gasteiger partial charge in [-0.3, -0.25) is 9.59 Å². The van der Waals surface area contributed by atoms with Gasteiger partial charge in [0.05, 0.1) is 13.5 Å². The molecule has 0 saturated carbocycles. The minimum Gasteiger partial charge on any atom is -0.481 e. The van der Waals surface area contributed by atoms with Crippen LogP contribution in [0.15, 0.2) is 48.5 Å². The summed E-state index contributed by atoms with van der Waals surface area (Å²) in [6, 6.07) is 12.7. The smallest absolute Gasteiger partial charge is 0.310 e. The molecule has 0 aliphatic rings. The molecule has 1 N–H and O–H groups in total. The van der Waals surface area contributed by atoms with Gasteiger partial charge in [0.1, 0.15) is 0 Å². The maximum absolute atomic E-state index is 13.4. The molecule has 0 aromatic heterocycles. The van der Waals surface area contributed by atoms with Gasteiger partial charge in [-0.05, 0) is 23.8 Å². The monoisotopic (exact) mass is 317 g/mol. The fourth-order valence-corrected chi connectivity index (χ4v) is 1.92. The predicted octanol–water partition coefficient (Wildman–Crippen LogP) is 2.56. The summed E-state index contributed by atoms with van der Waals surface area (Å²) >= 11 is 0. The van der Waals surface area contributed by atoms with Gasteiger partial charge in [-0.2, -0.15) is 0 Å². The van der Waals surface area contributed by atoms with Crippen molar-refractivity contribution in [3.63, 3.8) is 0 Å². The van der Waals surface area contributed by atoms with E-state index < -0.39 is 17.7 Å². The van der Waals surface area contributed by atoms with Crippen molar-refractivity contribution >= 4 is 17.6 Å². The summed E-state index contributed by atoms with van der Waals surface area (Å²) in [7, 11) is 1.30. The van der Waals surface area contributed by atoms with E-state index in [2.05, 4.69) is 10.1 Å². The summed E-state index contributed by atoms with van der Waals surface area (Å²) in [4.78, 5) is 23.3. The summed E-state index contributed by atoms with van der Waals surface area (Å²) < 4.78 is 23.2. The standard InChI is InChI=1S/C17H16FNO4/c1-22-17(21)10-12-6-2-4-8-14(12)19-16(20)11-23-15-9-5-3-7-13(15)18/h2-9H,10-11H2,1H3,(H,19,20). The fourth-order valence-electron chi connectivity index (χ4n) is 1.92. The first-order valence-electron chi connectivity index (χ1n) is 6.92. The fraction of sp³-hybridized carbons (Fsp3) is 0.176. The number of esters is 1. The molecule has 6 heteroatoms. The van der Waals surface area contributed by atoms with Gasteiger partial charge in [0.2, 0.25) is 0 Å². The van der Waals surface area contributed by atoms with Crippen molar-refractivity contribution in [3.8, 4) is 5.75 Å². The van der Waals surface area contributed by atoms with Crippen LogP contribution >= 0.6 is 0 Å². The highest BCUT2D eigenvalue weighted by atomic mass is 19.1. The van der Waals surface area contributed by atoms with Crippen LogP contribution in [0.3, 0.4) is 0 Å². The number of hydrogen-bond donors (Lipinski definition) is 1. The van der Waals surface area contributed by atoms with Crippen molar-refractivity contribution in [2.75, 3.05) is 19.0 Å². The third-order valence-corrected chi connectivity index (χ3v) is 3.05. The minimum absolute atomic E-state index is 0.00509. The summed E-state index contributed by atoms with van der Waals surface area (Å²) in [5, 5.41) is 2.64. The lowest BCUT2D eigenvalue weighted by Gasteiger charge is -2.11. The zero-order chi connectivity index (χ0) is 16.7. The van der Waals surface area contributed by atoms with E-state index in [0.29, 0.717) is 11.3 Å². The Balaban J connectivity index is 1.98. The van der Waals surface area contributed by atoms with Gasteiger partial charge < -0.3 is 14.8 Å². The molecule has 0 spiro atoms. The number of hydrogen-bond acceptors (Lipinski definition) is 4. The summed E-state index contributed by atoms with van der Waals surface area (Å²) in [5.41, 5.74) is 1.11. The number of carbonyl (C=O) groups excluding carboxylic acids is 2. The molecule has 0 radical (unpaired) electrons. The second kappa shape index (κ2) is 7.93. The van der Waals surface area contributed by atoms with E-state index >= 15 is 0 Å². The molecule has 2 rings (SSSR count). The topological polar surface area (TPSA) is 64.6 Å². The second-order valence-electron chi connectivity index (χ2n) is 4.68. The van der Waals surface area contributed by atoms with Crippen LogP contribution in [0.1, 0.15) is 5.56 Å². The molecule has 2 aromatic rings. The van der Waals surface area contributed by atoms with Gasteiger partial charge >= 0.3 is 5.97 Å². The molecule has 0 heterocycles. The van der Waals surface area contributed by atoms with Gasteiger partial charge in [0.25, 0.3) is 5.91 Å². The zero-order valence-corrected chi connectivity index (χ0v) is 12.5. The number of benzene rings is 2. The van der Waals surface area contributed by atoms with Crippen LogP contribution in [-0.2, 0) is 20.7 Å². The van der Waals surface area contributed by atoms with E-state index in [-0.39, 0.29) is 18.8 Å². The van der Waals surface area contributed by atoms with E-state index in [0.717, 1.165) is 0 Å². The van der Waals surface area contributed by atoms with Crippen LogP contribution < -0.4 is 10.1 Å². The molecule has 0 atom stereocenters. The average Bonchev–Trinajstić information content (AvgIpc) is 2.56. The first-order chi connectivity index (χ1) is 11.1. The number of nitrogens with one attached hydrogen (secondary N) is 1. The highest BCUT2D eigenvalue weighted by Crippen LogP contribution is 2.17. The Labute approximate surface area is 133 Å². The van der Waals surface area contributed by atoms with Gasteiger partial charge in [-0.15, -0.1) is 0 Å². The molecule has 0 aliphatic heterocycles. The van der Waals surface area contributed by atoms with Gasteiger partial charge in [-0.1, -0.05) is 30.3 Å². The number of amides is 1. The van der Waals surface area contributed by atoms with Gasteiger partial charge in [-0.25, -0.2) is 4.39 Å². The quantitative estimate of drug-likeness (QED) is 0.832. The Morgan fingerprint density at radius 1 is 1.09 bits per heavy atom. The normalized spacial score (nSPS) is 10.0. The van der Waals surface area contributed by atoms with Crippen LogP contribution in [0.2, 0.25) is 0 Å². The second-order valence-corrected chi connectivity index (χ2v) is 4.68. The molecule has 120 valence electrons. The van der Waals surface area contributed by atoms with E-state index in [1.807, 2.05) is 0 Å². The Morgan fingerprint density at radius 3 is 2.52 bits per heavy atom. The van der Waals surface area contributed by atoms with E-state index in [1.165, 1.54) is 25.3 Å².